The summed E-state index contributed by atoms with van der Waals surface area (Å²) >= 11 is 0. The molecule has 2 heterocycles. The van der Waals surface area contributed by atoms with E-state index < -0.39 is 0 Å². The van der Waals surface area contributed by atoms with Crippen molar-refractivity contribution < 1.29 is 4.79 Å². The number of benzene rings is 1. The molecular formula is C14H10N6O. The van der Waals surface area contributed by atoms with Gasteiger partial charge in [0.1, 0.15) is 17.5 Å². The van der Waals surface area contributed by atoms with E-state index in [1.54, 1.807) is 24.5 Å². The summed E-state index contributed by atoms with van der Waals surface area (Å²) in [5.74, 6) is -0.0177. The molecule has 1 aromatic carbocycles. The molecule has 0 fully saturated rings. The van der Waals surface area contributed by atoms with Crippen LogP contribution in [0.25, 0.3) is 11.1 Å². The van der Waals surface area contributed by atoms with Gasteiger partial charge in [-0.2, -0.15) is 15.5 Å². The Hall–Kier alpha value is -3.40. The molecule has 0 bridgehead atoms. The third-order valence-electron chi connectivity index (χ3n) is 2.98. The van der Waals surface area contributed by atoms with Crippen molar-refractivity contribution in [2.45, 2.75) is 0 Å². The van der Waals surface area contributed by atoms with Crippen molar-refractivity contribution in [1.82, 2.24) is 20.4 Å². The molecule has 1 amide bonds. The van der Waals surface area contributed by atoms with Crippen LogP contribution in [0.2, 0.25) is 0 Å². The van der Waals surface area contributed by atoms with Crippen molar-refractivity contribution in [3.05, 3.63) is 54.0 Å². The third-order valence-corrected chi connectivity index (χ3v) is 2.98. The Labute approximate surface area is 119 Å². The summed E-state index contributed by atoms with van der Waals surface area (Å²) in [5, 5.41) is 24.4. The number of aromatic amines is 2. The summed E-state index contributed by atoms with van der Waals surface area (Å²) in [4.78, 5) is 12.1. The number of rotatable bonds is 3. The number of aromatic nitrogens is 4. The lowest BCUT2D eigenvalue weighted by Crippen LogP contribution is -2.12. The number of amides is 1. The number of nitrogens with zero attached hydrogens (tertiary/aromatic N) is 3. The number of nitrogens with one attached hydrogen (secondary N) is 3. The number of hydrogen-bond donors (Lipinski definition) is 3. The Morgan fingerprint density at radius 1 is 1.14 bits per heavy atom. The molecule has 21 heavy (non-hydrogen) atoms. The fourth-order valence-corrected chi connectivity index (χ4v) is 1.87. The molecule has 3 rings (SSSR count). The van der Waals surface area contributed by atoms with E-state index in [1.807, 2.05) is 18.2 Å². The minimum Gasteiger partial charge on any atom is -0.306 e. The average molecular weight is 278 g/mol. The lowest BCUT2D eigenvalue weighted by Gasteiger charge is -2.04. The molecule has 0 atom stereocenters. The molecule has 2 aromatic heterocycles. The van der Waals surface area contributed by atoms with Gasteiger partial charge < -0.3 is 5.32 Å². The van der Waals surface area contributed by atoms with E-state index in [2.05, 4.69) is 25.7 Å². The van der Waals surface area contributed by atoms with Crippen LogP contribution in [-0.2, 0) is 0 Å². The Morgan fingerprint density at radius 2 is 1.95 bits per heavy atom. The quantitative estimate of drug-likeness (QED) is 0.679. The predicted octanol–water partition coefficient (Wildman–Crippen LogP) is 1.92. The first-order valence-electron chi connectivity index (χ1n) is 6.12. The normalized spacial score (nSPS) is 10.0. The van der Waals surface area contributed by atoms with Crippen LogP contribution < -0.4 is 5.32 Å². The zero-order valence-corrected chi connectivity index (χ0v) is 10.8. The van der Waals surface area contributed by atoms with Gasteiger partial charge in [0.15, 0.2) is 0 Å². The maximum absolute atomic E-state index is 12.1. The van der Waals surface area contributed by atoms with Crippen molar-refractivity contribution in [3.8, 4) is 17.2 Å². The van der Waals surface area contributed by atoms with Crippen molar-refractivity contribution in [1.29, 1.82) is 5.26 Å². The van der Waals surface area contributed by atoms with E-state index in [-0.39, 0.29) is 5.91 Å². The zero-order chi connectivity index (χ0) is 14.7. The first kappa shape index (κ1) is 12.6. The Kier molecular flexibility index (Phi) is 3.19. The number of carbonyl (C=O) groups excluding carboxylic acids is 1. The first-order valence-corrected chi connectivity index (χ1v) is 6.12. The molecule has 3 aromatic rings. The van der Waals surface area contributed by atoms with Crippen LogP contribution in [0.1, 0.15) is 15.9 Å². The molecule has 7 nitrogen and oxygen atoms in total. The zero-order valence-electron chi connectivity index (χ0n) is 10.8. The number of anilines is 1. The molecular weight excluding hydrogens is 268 g/mol. The smallest absolute Gasteiger partial charge is 0.256 e. The second-order valence-electron chi connectivity index (χ2n) is 4.29. The monoisotopic (exact) mass is 278 g/mol. The van der Waals surface area contributed by atoms with Crippen molar-refractivity contribution in [3.63, 3.8) is 0 Å². The second kappa shape index (κ2) is 5.30. The van der Waals surface area contributed by atoms with Crippen molar-refractivity contribution in [2.75, 3.05) is 5.32 Å². The molecule has 0 radical (unpaired) electrons. The minimum absolute atomic E-state index is 0.290. The largest absolute Gasteiger partial charge is 0.306 e. The average Bonchev–Trinajstić information content (AvgIpc) is 3.18. The molecule has 0 spiro atoms. The molecule has 0 saturated heterocycles. The second-order valence-corrected chi connectivity index (χ2v) is 4.29. The molecule has 7 heteroatoms. The molecule has 0 aliphatic carbocycles. The Bertz CT molecular complexity index is 795. The van der Waals surface area contributed by atoms with Gasteiger partial charge >= 0.3 is 0 Å². The maximum atomic E-state index is 12.1. The lowest BCUT2D eigenvalue weighted by molar-refractivity contribution is 0.102. The molecule has 3 N–H and O–H groups in total. The molecule has 102 valence electrons. The summed E-state index contributed by atoms with van der Waals surface area (Å²) in [6.07, 6.45) is 4.84. The minimum atomic E-state index is -0.311. The third kappa shape index (κ3) is 2.50. The summed E-state index contributed by atoms with van der Waals surface area (Å²) in [6, 6.07) is 9.02. The van der Waals surface area contributed by atoms with E-state index in [1.165, 1.54) is 6.20 Å². The van der Waals surface area contributed by atoms with Gasteiger partial charge in [0.2, 0.25) is 0 Å². The number of nitriles is 1. The highest BCUT2D eigenvalue weighted by Crippen LogP contribution is 2.18. The standard InChI is InChI=1S/C14H10N6O/c15-5-11-6-18-20-13(11)19-14(21)10-3-1-9(2-4-10)12-7-16-17-8-12/h1-4,6-8H,(H,16,17)(H2,18,19,20,21). The van der Waals surface area contributed by atoms with E-state index in [0.717, 1.165) is 11.1 Å². The van der Waals surface area contributed by atoms with Crippen LogP contribution in [0.3, 0.4) is 0 Å². The van der Waals surface area contributed by atoms with Gasteiger partial charge in [0.25, 0.3) is 5.91 Å². The van der Waals surface area contributed by atoms with Crippen LogP contribution in [0, 0.1) is 11.3 Å². The summed E-state index contributed by atoms with van der Waals surface area (Å²) < 4.78 is 0. The van der Waals surface area contributed by atoms with Crippen LogP contribution in [-0.4, -0.2) is 26.3 Å². The number of H-pyrrole nitrogens is 2. The summed E-state index contributed by atoms with van der Waals surface area (Å²) in [7, 11) is 0. The fraction of sp³-hybridized carbons (Fsp3) is 0. The Balaban J connectivity index is 1.78. The molecule has 0 aliphatic heterocycles. The van der Waals surface area contributed by atoms with Crippen LogP contribution in [0.15, 0.2) is 42.9 Å². The van der Waals surface area contributed by atoms with E-state index in [9.17, 15) is 4.79 Å². The molecule has 0 aliphatic rings. The van der Waals surface area contributed by atoms with Gasteiger partial charge in [0.05, 0.1) is 12.4 Å². The van der Waals surface area contributed by atoms with E-state index in [4.69, 9.17) is 5.26 Å². The highest BCUT2D eigenvalue weighted by Gasteiger charge is 2.11. The number of hydrogen-bond acceptors (Lipinski definition) is 4. The van der Waals surface area contributed by atoms with Crippen molar-refractivity contribution >= 4 is 11.7 Å². The fourth-order valence-electron chi connectivity index (χ4n) is 1.87. The first-order chi connectivity index (χ1) is 10.3. The van der Waals surface area contributed by atoms with Crippen molar-refractivity contribution in [2.24, 2.45) is 0 Å². The van der Waals surface area contributed by atoms with E-state index >= 15 is 0 Å². The summed E-state index contributed by atoms with van der Waals surface area (Å²) in [6.45, 7) is 0. The van der Waals surface area contributed by atoms with Crippen LogP contribution >= 0.6 is 0 Å². The van der Waals surface area contributed by atoms with Crippen LogP contribution in [0.5, 0.6) is 0 Å². The number of carbonyl (C=O) groups is 1. The van der Waals surface area contributed by atoms with Gasteiger partial charge in [-0.3, -0.25) is 15.0 Å². The predicted molar refractivity (Wildman–Crippen MR) is 75.3 cm³/mol. The SMILES string of the molecule is N#Cc1cn[nH]c1NC(=O)c1ccc(-c2cn[nH]c2)cc1. The molecule has 0 unspecified atom stereocenters. The van der Waals surface area contributed by atoms with Crippen LogP contribution in [0.4, 0.5) is 5.82 Å². The maximum Gasteiger partial charge on any atom is 0.256 e. The van der Waals surface area contributed by atoms with Gasteiger partial charge in [-0.15, -0.1) is 0 Å². The lowest BCUT2D eigenvalue weighted by atomic mass is 10.1. The topological polar surface area (TPSA) is 110 Å². The molecule has 0 saturated carbocycles. The Morgan fingerprint density at radius 3 is 2.62 bits per heavy atom. The highest BCUT2D eigenvalue weighted by atomic mass is 16.1. The van der Waals surface area contributed by atoms with Gasteiger partial charge in [-0.1, -0.05) is 12.1 Å². The highest BCUT2D eigenvalue weighted by molar-refractivity contribution is 6.04. The van der Waals surface area contributed by atoms with E-state index in [0.29, 0.717) is 16.9 Å². The summed E-state index contributed by atoms with van der Waals surface area (Å²) in [5.41, 5.74) is 2.68. The van der Waals surface area contributed by atoms with Gasteiger partial charge in [-0.25, -0.2) is 0 Å². The van der Waals surface area contributed by atoms with Gasteiger partial charge in [-0.05, 0) is 17.7 Å². The van der Waals surface area contributed by atoms with Gasteiger partial charge in [0, 0.05) is 17.3 Å².